The first-order valence-electron chi connectivity index (χ1n) is 10.7. The minimum atomic E-state index is -0.130. The van der Waals surface area contributed by atoms with E-state index >= 15 is 0 Å². The van der Waals surface area contributed by atoms with Gasteiger partial charge >= 0.3 is 0 Å². The topological polar surface area (TPSA) is 60.1 Å². The molecule has 0 aromatic heterocycles. The molecule has 2 fully saturated rings. The fraction of sp³-hybridized carbons (Fsp3) is 0.667. The van der Waals surface area contributed by atoms with E-state index in [0.717, 1.165) is 64.5 Å². The van der Waals surface area contributed by atoms with E-state index in [-0.39, 0.29) is 29.8 Å². The number of hydrogen-bond donors (Lipinski definition) is 2. The van der Waals surface area contributed by atoms with E-state index in [1.165, 1.54) is 25.5 Å². The Labute approximate surface area is 191 Å². The van der Waals surface area contributed by atoms with Crippen LogP contribution < -0.4 is 16.0 Å². The maximum atomic E-state index is 13.9. The third kappa shape index (κ3) is 7.25. The van der Waals surface area contributed by atoms with Crippen LogP contribution in [0.1, 0.15) is 26.2 Å². The van der Waals surface area contributed by atoms with E-state index < -0.39 is 0 Å². The van der Waals surface area contributed by atoms with Gasteiger partial charge in [-0.3, -0.25) is 14.8 Å². The Hall–Kier alpha value is -1.13. The van der Waals surface area contributed by atoms with Crippen molar-refractivity contribution in [1.82, 2.24) is 15.1 Å². The van der Waals surface area contributed by atoms with Crippen molar-refractivity contribution < 1.29 is 4.39 Å². The summed E-state index contributed by atoms with van der Waals surface area (Å²) >= 11 is 0. The van der Waals surface area contributed by atoms with Crippen molar-refractivity contribution >= 4 is 35.6 Å². The first-order chi connectivity index (χ1) is 13.7. The van der Waals surface area contributed by atoms with Gasteiger partial charge in [0.15, 0.2) is 5.96 Å². The molecule has 2 saturated heterocycles. The molecule has 1 aromatic carbocycles. The molecule has 29 heavy (non-hydrogen) atoms. The van der Waals surface area contributed by atoms with Crippen molar-refractivity contribution in [2.75, 3.05) is 63.8 Å². The van der Waals surface area contributed by atoms with Gasteiger partial charge in [-0.1, -0.05) is 19.1 Å². The van der Waals surface area contributed by atoms with Crippen molar-refractivity contribution in [3.63, 3.8) is 0 Å². The number of benzene rings is 1. The molecule has 0 amide bonds. The number of rotatable bonds is 8. The number of para-hydroxylation sites is 1. The predicted octanol–water partition coefficient (Wildman–Crippen LogP) is 2.34. The summed E-state index contributed by atoms with van der Waals surface area (Å²) in [5.74, 6) is 0.432. The average Bonchev–Trinajstić information content (AvgIpc) is 3.18. The summed E-state index contributed by atoms with van der Waals surface area (Å²) in [6.45, 7) is 10.8. The van der Waals surface area contributed by atoms with E-state index in [1.807, 2.05) is 12.1 Å². The van der Waals surface area contributed by atoms with Crippen LogP contribution in [0.25, 0.3) is 0 Å². The molecule has 1 aromatic rings. The Kier molecular flexibility index (Phi) is 10.4. The molecule has 1 unspecified atom stereocenters. The third-order valence-corrected chi connectivity index (χ3v) is 5.90. The highest BCUT2D eigenvalue weighted by Gasteiger charge is 2.22. The molecule has 1 atom stereocenters. The molecule has 3 N–H and O–H groups in total. The zero-order valence-electron chi connectivity index (χ0n) is 17.5. The van der Waals surface area contributed by atoms with E-state index in [0.29, 0.717) is 12.0 Å². The van der Waals surface area contributed by atoms with Gasteiger partial charge in [0.05, 0.1) is 12.2 Å². The molecule has 0 saturated carbocycles. The highest BCUT2D eigenvalue weighted by molar-refractivity contribution is 14.0. The van der Waals surface area contributed by atoms with Crippen LogP contribution in [0, 0.1) is 5.82 Å². The van der Waals surface area contributed by atoms with Crippen LogP contribution in [-0.2, 0) is 0 Å². The highest BCUT2D eigenvalue weighted by atomic mass is 127. The zero-order valence-corrected chi connectivity index (χ0v) is 19.9. The molecular formula is C21H36FIN6. The van der Waals surface area contributed by atoms with Crippen LogP contribution in [0.15, 0.2) is 29.3 Å². The van der Waals surface area contributed by atoms with Crippen LogP contribution in [-0.4, -0.2) is 80.7 Å². The molecule has 0 aliphatic carbocycles. The highest BCUT2D eigenvalue weighted by Crippen LogP contribution is 2.20. The summed E-state index contributed by atoms with van der Waals surface area (Å²) in [6, 6.07) is 7.59. The van der Waals surface area contributed by atoms with Crippen molar-refractivity contribution in [3.05, 3.63) is 30.1 Å². The number of nitrogens with one attached hydrogen (secondary N) is 1. The van der Waals surface area contributed by atoms with Crippen molar-refractivity contribution in [3.8, 4) is 0 Å². The Morgan fingerprint density at radius 3 is 2.69 bits per heavy atom. The Bertz CT molecular complexity index is 635. The Morgan fingerprint density at radius 1 is 1.21 bits per heavy atom. The second kappa shape index (κ2) is 12.5. The van der Waals surface area contributed by atoms with Gasteiger partial charge in [-0.25, -0.2) is 4.39 Å². The van der Waals surface area contributed by atoms with E-state index in [2.05, 4.69) is 31.9 Å². The van der Waals surface area contributed by atoms with Crippen LogP contribution in [0.2, 0.25) is 0 Å². The van der Waals surface area contributed by atoms with Gasteiger partial charge < -0.3 is 16.0 Å². The number of guanidine groups is 1. The standard InChI is InChI=1S/C21H35FN6.HI/c1-2-27-12-5-7-18(27)17-25-21(23)24-10-6-11-26-13-15-28(16-14-26)20-9-4-3-8-19(20)22;/h3-4,8-9,18H,2,5-7,10-17H2,1H3,(H3,23,24,25);1H. The monoisotopic (exact) mass is 518 g/mol. The van der Waals surface area contributed by atoms with Gasteiger partial charge in [0, 0.05) is 38.8 Å². The summed E-state index contributed by atoms with van der Waals surface area (Å²) in [7, 11) is 0. The first kappa shape index (κ1) is 24.1. The lowest BCUT2D eigenvalue weighted by Crippen LogP contribution is -2.47. The fourth-order valence-corrected chi connectivity index (χ4v) is 4.22. The molecule has 2 aliphatic rings. The quantitative estimate of drug-likeness (QED) is 0.240. The van der Waals surface area contributed by atoms with E-state index in [4.69, 9.17) is 5.73 Å². The average molecular weight is 518 g/mol. The summed E-state index contributed by atoms with van der Waals surface area (Å²) in [5.41, 5.74) is 6.74. The minimum Gasteiger partial charge on any atom is -0.370 e. The Morgan fingerprint density at radius 2 is 1.97 bits per heavy atom. The lowest BCUT2D eigenvalue weighted by Gasteiger charge is -2.36. The van der Waals surface area contributed by atoms with Crippen molar-refractivity contribution in [2.45, 2.75) is 32.2 Å². The molecule has 2 aliphatic heterocycles. The van der Waals surface area contributed by atoms with Gasteiger partial charge in [0.25, 0.3) is 0 Å². The van der Waals surface area contributed by atoms with Crippen LogP contribution >= 0.6 is 24.0 Å². The second-order valence-electron chi connectivity index (χ2n) is 7.71. The summed E-state index contributed by atoms with van der Waals surface area (Å²) < 4.78 is 13.9. The second-order valence-corrected chi connectivity index (χ2v) is 7.71. The summed E-state index contributed by atoms with van der Waals surface area (Å²) in [5, 5.41) is 3.24. The number of likely N-dealkylation sites (N-methyl/N-ethyl adjacent to an activating group) is 1. The molecule has 164 valence electrons. The number of halogens is 2. The molecule has 6 nitrogen and oxygen atoms in total. The number of anilines is 1. The van der Waals surface area contributed by atoms with Gasteiger partial charge in [-0.05, 0) is 51.0 Å². The molecule has 8 heteroatoms. The predicted molar refractivity (Wildman–Crippen MR) is 130 cm³/mol. The van der Waals surface area contributed by atoms with Crippen molar-refractivity contribution in [1.29, 1.82) is 0 Å². The zero-order chi connectivity index (χ0) is 19.8. The number of likely N-dealkylation sites (tertiary alicyclic amines) is 1. The van der Waals surface area contributed by atoms with Gasteiger partial charge in [0.1, 0.15) is 5.82 Å². The van der Waals surface area contributed by atoms with Crippen LogP contribution in [0.5, 0.6) is 0 Å². The molecule has 3 rings (SSSR count). The SMILES string of the molecule is CCN1CCCC1CN=C(N)NCCCN1CCN(c2ccccc2F)CC1.I. The normalized spacial score (nSPS) is 21.2. The maximum Gasteiger partial charge on any atom is 0.188 e. The van der Waals surface area contributed by atoms with Crippen LogP contribution in [0.4, 0.5) is 10.1 Å². The third-order valence-electron chi connectivity index (χ3n) is 5.90. The van der Waals surface area contributed by atoms with Gasteiger partial charge in [0.2, 0.25) is 0 Å². The molecule has 0 bridgehead atoms. The largest absolute Gasteiger partial charge is 0.370 e. The van der Waals surface area contributed by atoms with Crippen LogP contribution in [0.3, 0.4) is 0 Å². The number of aliphatic imine (C=N–C) groups is 1. The lowest BCUT2D eigenvalue weighted by atomic mass is 10.2. The number of nitrogens with two attached hydrogens (primary N) is 1. The maximum absolute atomic E-state index is 13.9. The van der Waals surface area contributed by atoms with Crippen molar-refractivity contribution in [2.24, 2.45) is 10.7 Å². The summed E-state index contributed by atoms with van der Waals surface area (Å²) in [6.07, 6.45) is 3.52. The lowest BCUT2D eigenvalue weighted by molar-refractivity contribution is 0.254. The van der Waals surface area contributed by atoms with Gasteiger partial charge in [-0.15, -0.1) is 24.0 Å². The minimum absolute atomic E-state index is 0. The first-order valence-corrected chi connectivity index (χ1v) is 10.7. The smallest absolute Gasteiger partial charge is 0.188 e. The van der Waals surface area contributed by atoms with Gasteiger partial charge in [-0.2, -0.15) is 0 Å². The molecule has 0 spiro atoms. The molecule has 0 radical (unpaired) electrons. The van der Waals surface area contributed by atoms with E-state index in [1.54, 1.807) is 6.07 Å². The van der Waals surface area contributed by atoms with E-state index in [9.17, 15) is 4.39 Å². The number of piperazine rings is 1. The molecule has 2 heterocycles. The molecular weight excluding hydrogens is 482 g/mol. The fourth-order valence-electron chi connectivity index (χ4n) is 4.22. The summed E-state index contributed by atoms with van der Waals surface area (Å²) in [4.78, 5) is 11.6. The number of nitrogens with zero attached hydrogens (tertiary/aromatic N) is 4. The number of hydrogen-bond acceptors (Lipinski definition) is 4. The Balaban J connectivity index is 0.00000300.